The highest BCUT2D eigenvalue weighted by Gasteiger charge is 2.15. The molecule has 3 heteroatoms. The number of rotatable bonds is 6. The van der Waals surface area contributed by atoms with Crippen LogP contribution in [0, 0.1) is 10.3 Å². The highest BCUT2D eigenvalue weighted by Crippen LogP contribution is 2.28. The van der Waals surface area contributed by atoms with Crippen molar-refractivity contribution in [2.24, 2.45) is 5.41 Å². The van der Waals surface area contributed by atoms with E-state index >= 15 is 0 Å². The molecule has 0 aliphatic carbocycles. The van der Waals surface area contributed by atoms with E-state index in [1.54, 1.807) is 0 Å². The molecule has 0 saturated heterocycles. The SMILES string of the molecule is C=C[C@@](C)(/C=C/c1ccc2oc(=S)[nH]c2c1)CCC=C(C)C. The minimum absolute atomic E-state index is 0.00973. The Morgan fingerprint density at radius 3 is 2.86 bits per heavy atom. The molecule has 0 amide bonds. The highest BCUT2D eigenvalue weighted by atomic mass is 32.1. The van der Waals surface area contributed by atoms with E-state index in [0.717, 1.165) is 29.5 Å². The monoisotopic (exact) mass is 313 g/mol. The largest absolute Gasteiger partial charge is 0.429 e. The molecule has 0 unspecified atom stereocenters. The van der Waals surface area contributed by atoms with Gasteiger partial charge in [-0.3, -0.25) is 0 Å². The first kappa shape index (κ1) is 16.5. The second-order valence-electron chi connectivity index (χ2n) is 6.13. The second kappa shape index (κ2) is 6.93. The van der Waals surface area contributed by atoms with Gasteiger partial charge in [-0.05, 0) is 56.6 Å². The van der Waals surface area contributed by atoms with E-state index in [1.165, 1.54) is 5.57 Å². The van der Waals surface area contributed by atoms with E-state index in [9.17, 15) is 0 Å². The Morgan fingerprint density at radius 1 is 1.41 bits per heavy atom. The molecule has 0 aliphatic heterocycles. The number of hydrogen-bond donors (Lipinski definition) is 1. The van der Waals surface area contributed by atoms with Crippen molar-refractivity contribution in [2.75, 3.05) is 0 Å². The second-order valence-corrected chi connectivity index (χ2v) is 6.50. The number of fused-ring (bicyclic) bond motifs is 1. The molecule has 0 radical (unpaired) electrons. The van der Waals surface area contributed by atoms with Crippen LogP contribution in [0.5, 0.6) is 0 Å². The van der Waals surface area contributed by atoms with Crippen LogP contribution in [0.2, 0.25) is 0 Å². The molecule has 116 valence electrons. The minimum Gasteiger partial charge on any atom is -0.429 e. The van der Waals surface area contributed by atoms with Crippen molar-refractivity contribution < 1.29 is 4.42 Å². The zero-order valence-corrected chi connectivity index (χ0v) is 14.3. The van der Waals surface area contributed by atoms with Gasteiger partial charge in [0.25, 0.3) is 4.84 Å². The minimum atomic E-state index is -0.00973. The summed E-state index contributed by atoms with van der Waals surface area (Å²) >= 11 is 5.01. The quantitative estimate of drug-likeness (QED) is 0.491. The number of aromatic nitrogens is 1. The number of oxazole rings is 1. The smallest absolute Gasteiger partial charge is 0.266 e. The number of hydrogen-bond acceptors (Lipinski definition) is 2. The molecule has 1 heterocycles. The lowest BCUT2D eigenvalue weighted by Gasteiger charge is -2.20. The third-order valence-corrected chi connectivity index (χ3v) is 3.99. The molecule has 0 saturated carbocycles. The van der Waals surface area contributed by atoms with E-state index in [2.05, 4.69) is 50.6 Å². The van der Waals surface area contributed by atoms with Crippen molar-refractivity contribution in [3.63, 3.8) is 0 Å². The zero-order valence-electron chi connectivity index (χ0n) is 13.5. The molecule has 22 heavy (non-hydrogen) atoms. The van der Waals surface area contributed by atoms with Crippen LogP contribution in [-0.4, -0.2) is 4.98 Å². The van der Waals surface area contributed by atoms with E-state index in [4.69, 9.17) is 16.6 Å². The summed E-state index contributed by atoms with van der Waals surface area (Å²) in [5, 5.41) is 0. The molecule has 0 spiro atoms. The number of benzene rings is 1. The number of nitrogens with one attached hydrogen (secondary N) is 1. The summed E-state index contributed by atoms with van der Waals surface area (Å²) in [7, 11) is 0. The number of aromatic amines is 1. The summed E-state index contributed by atoms with van der Waals surface area (Å²) in [6, 6.07) is 6.02. The van der Waals surface area contributed by atoms with Crippen molar-refractivity contribution in [1.82, 2.24) is 4.98 Å². The number of H-pyrrole nitrogens is 1. The van der Waals surface area contributed by atoms with Crippen LogP contribution in [-0.2, 0) is 0 Å². The predicted octanol–water partition coefficient (Wildman–Crippen LogP) is 6.44. The Kier molecular flexibility index (Phi) is 5.19. The van der Waals surface area contributed by atoms with Gasteiger partial charge in [0.05, 0.1) is 5.52 Å². The van der Waals surface area contributed by atoms with Crippen LogP contribution in [0.25, 0.3) is 17.2 Å². The lowest BCUT2D eigenvalue weighted by molar-refractivity contribution is 0.508. The Labute approximate surface area is 137 Å². The van der Waals surface area contributed by atoms with Crippen molar-refractivity contribution in [3.05, 3.63) is 59.0 Å². The van der Waals surface area contributed by atoms with Gasteiger partial charge >= 0.3 is 0 Å². The summed E-state index contributed by atoms with van der Waals surface area (Å²) in [6.07, 6.45) is 10.7. The molecular formula is C19H23NOS. The maximum absolute atomic E-state index is 5.38. The average Bonchev–Trinajstić information content (AvgIpc) is 2.84. The van der Waals surface area contributed by atoms with Crippen molar-refractivity contribution in [2.45, 2.75) is 33.6 Å². The topological polar surface area (TPSA) is 28.9 Å². The van der Waals surface area contributed by atoms with Crippen LogP contribution in [0.1, 0.15) is 39.2 Å². The van der Waals surface area contributed by atoms with Gasteiger partial charge in [0.1, 0.15) is 0 Å². The van der Waals surface area contributed by atoms with Crippen LogP contribution in [0.3, 0.4) is 0 Å². The van der Waals surface area contributed by atoms with Gasteiger partial charge in [-0.2, -0.15) is 0 Å². The molecule has 0 bridgehead atoms. The Hall–Kier alpha value is -1.87. The summed E-state index contributed by atoms with van der Waals surface area (Å²) in [5.41, 5.74) is 4.18. The molecule has 2 nitrogen and oxygen atoms in total. The average molecular weight is 313 g/mol. The molecule has 1 N–H and O–H groups in total. The molecule has 1 atom stereocenters. The van der Waals surface area contributed by atoms with Crippen molar-refractivity contribution >= 4 is 29.4 Å². The molecular weight excluding hydrogens is 290 g/mol. The lowest BCUT2D eigenvalue weighted by Crippen LogP contribution is -2.08. The molecule has 1 aromatic carbocycles. The van der Waals surface area contributed by atoms with Gasteiger partial charge in [0, 0.05) is 5.41 Å². The van der Waals surface area contributed by atoms with E-state index in [-0.39, 0.29) is 5.41 Å². The standard InChI is InChI=1S/C19H23NOS/c1-5-19(4,11-6-7-14(2)3)12-10-15-8-9-17-16(13-15)20-18(22)21-17/h5,7-10,12-13H,1,6,11H2,2-4H3,(H,20,22)/b12-10+/t19-/m1/s1. The van der Waals surface area contributed by atoms with Gasteiger partial charge < -0.3 is 9.40 Å². The summed E-state index contributed by atoms with van der Waals surface area (Å²) in [6.45, 7) is 10.5. The first-order valence-corrected chi connectivity index (χ1v) is 7.92. The van der Waals surface area contributed by atoms with Crippen molar-refractivity contribution in [1.29, 1.82) is 0 Å². The maximum atomic E-state index is 5.38. The van der Waals surface area contributed by atoms with Crippen LogP contribution < -0.4 is 0 Å². The van der Waals surface area contributed by atoms with Gasteiger partial charge in [0.15, 0.2) is 5.58 Å². The molecule has 0 aliphatic rings. The fourth-order valence-electron chi connectivity index (χ4n) is 2.29. The number of allylic oxidation sites excluding steroid dienone is 4. The zero-order chi connectivity index (χ0) is 16.2. The van der Waals surface area contributed by atoms with Crippen LogP contribution in [0.15, 0.2) is 53.0 Å². The first-order chi connectivity index (χ1) is 10.4. The fourth-order valence-corrected chi connectivity index (χ4v) is 2.48. The Balaban J connectivity index is 2.17. The van der Waals surface area contributed by atoms with Crippen LogP contribution >= 0.6 is 12.2 Å². The predicted molar refractivity (Wildman–Crippen MR) is 97.4 cm³/mol. The Bertz CT molecular complexity index is 774. The van der Waals surface area contributed by atoms with Crippen molar-refractivity contribution in [3.8, 4) is 0 Å². The third kappa shape index (κ3) is 4.31. The summed E-state index contributed by atoms with van der Waals surface area (Å²) in [4.78, 5) is 3.45. The fraction of sp³-hybridized carbons (Fsp3) is 0.316. The van der Waals surface area contributed by atoms with E-state index in [0.29, 0.717) is 4.84 Å². The van der Waals surface area contributed by atoms with Gasteiger partial charge in [-0.25, -0.2) is 0 Å². The summed E-state index contributed by atoms with van der Waals surface area (Å²) < 4.78 is 5.38. The molecule has 2 rings (SSSR count). The van der Waals surface area contributed by atoms with E-state index < -0.39 is 0 Å². The normalized spacial score (nSPS) is 14.1. The Morgan fingerprint density at radius 2 is 2.18 bits per heavy atom. The first-order valence-electron chi connectivity index (χ1n) is 7.51. The van der Waals surface area contributed by atoms with Gasteiger partial charge in [0.2, 0.25) is 0 Å². The van der Waals surface area contributed by atoms with E-state index in [1.807, 2.05) is 24.3 Å². The maximum Gasteiger partial charge on any atom is 0.266 e. The van der Waals surface area contributed by atoms with Crippen LogP contribution in [0.4, 0.5) is 0 Å². The molecule has 0 fully saturated rings. The molecule has 1 aromatic heterocycles. The van der Waals surface area contributed by atoms with Gasteiger partial charge in [-0.1, -0.05) is 42.9 Å². The summed E-state index contributed by atoms with van der Waals surface area (Å²) in [5.74, 6) is 0. The highest BCUT2D eigenvalue weighted by molar-refractivity contribution is 7.71. The van der Waals surface area contributed by atoms with Gasteiger partial charge in [-0.15, -0.1) is 6.58 Å². The molecule has 2 aromatic rings. The third-order valence-electron chi connectivity index (χ3n) is 3.80. The lowest BCUT2D eigenvalue weighted by atomic mass is 9.84.